The number of benzene rings is 1. The first-order valence-electron chi connectivity index (χ1n) is 5.89. The fraction of sp³-hybridized carbons (Fsp3) is 0.0667. The summed E-state index contributed by atoms with van der Waals surface area (Å²) in [5, 5.41) is 10.9. The summed E-state index contributed by atoms with van der Waals surface area (Å²) < 4.78 is 2.08. The zero-order valence-electron chi connectivity index (χ0n) is 10.1. The summed E-state index contributed by atoms with van der Waals surface area (Å²) in [7, 11) is 0. The van der Waals surface area contributed by atoms with Crippen LogP contribution in [0, 0.1) is 11.3 Å². The third kappa shape index (κ3) is 2.28. The highest BCUT2D eigenvalue weighted by Gasteiger charge is 2.16. The molecule has 0 aliphatic heterocycles. The van der Waals surface area contributed by atoms with Gasteiger partial charge in [-0.1, -0.05) is 18.2 Å². The van der Waals surface area contributed by atoms with Crippen LogP contribution in [-0.4, -0.2) is 9.55 Å². The van der Waals surface area contributed by atoms with Gasteiger partial charge in [0.05, 0.1) is 24.0 Å². The monoisotopic (exact) mass is 265 g/mol. The smallest absolute Gasteiger partial charge is 0.0991 e. The molecule has 2 aromatic heterocycles. The lowest BCUT2D eigenvalue weighted by Crippen LogP contribution is -2.08. The van der Waals surface area contributed by atoms with E-state index in [9.17, 15) is 0 Å². The summed E-state index contributed by atoms with van der Waals surface area (Å²) in [5.74, 6) is 0. The second-order valence-electron chi connectivity index (χ2n) is 4.16. The minimum Gasteiger partial charge on any atom is -0.325 e. The molecule has 0 radical (unpaired) electrons. The number of aromatic nitrogens is 2. The van der Waals surface area contributed by atoms with Gasteiger partial charge in [0.2, 0.25) is 0 Å². The Morgan fingerprint density at radius 1 is 1.21 bits per heavy atom. The molecule has 0 amide bonds. The van der Waals surface area contributed by atoms with Gasteiger partial charge in [-0.15, -0.1) is 11.3 Å². The molecule has 0 fully saturated rings. The van der Waals surface area contributed by atoms with Crippen LogP contribution < -0.4 is 0 Å². The van der Waals surface area contributed by atoms with Gasteiger partial charge in [-0.25, -0.2) is 4.98 Å². The van der Waals surface area contributed by atoms with Crippen molar-refractivity contribution in [3.05, 3.63) is 76.5 Å². The van der Waals surface area contributed by atoms with Crippen molar-refractivity contribution in [1.29, 1.82) is 5.26 Å². The molecule has 92 valence electrons. The molecule has 0 spiro atoms. The number of rotatable bonds is 3. The van der Waals surface area contributed by atoms with Crippen LogP contribution in [-0.2, 0) is 0 Å². The van der Waals surface area contributed by atoms with Crippen molar-refractivity contribution in [2.75, 3.05) is 0 Å². The van der Waals surface area contributed by atoms with Gasteiger partial charge in [-0.2, -0.15) is 5.26 Å². The predicted octanol–water partition coefficient (Wildman–Crippen LogP) is 3.45. The molecule has 3 aromatic rings. The van der Waals surface area contributed by atoms with Crippen LogP contribution in [0.15, 0.2) is 60.5 Å². The highest BCUT2D eigenvalue weighted by molar-refractivity contribution is 7.10. The second kappa shape index (κ2) is 5.09. The minimum absolute atomic E-state index is 0.121. The molecule has 0 N–H and O–H groups in total. The Balaban J connectivity index is 2.07. The Labute approximate surface area is 115 Å². The molecule has 1 atom stereocenters. The average Bonchev–Trinajstić information content (AvgIpc) is 3.13. The Morgan fingerprint density at radius 3 is 2.63 bits per heavy atom. The summed E-state index contributed by atoms with van der Waals surface area (Å²) in [4.78, 5) is 5.38. The third-order valence-electron chi connectivity index (χ3n) is 2.99. The van der Waals surface area contributed by atoms with Gasteiger partial charge >= 0.3 is 0 Å². The van der Waals surface area contributed by atoms with Gasteiger partial charge in [0.15, 0.2) is 0 Å². The topological polar surface area (TPSA) is 41.6 Å². The van der Waals surface area contributed by atoms with Crippen molar-refractivity contribution in [3.8, 4) is 6.07 Å². The van der Waals surface area contributed by atoms with Gasteiger partial charge in [-0.3, -0.25) is 0 Å². The van der Waals surface area contributed by atoms with E-state index in [4.69, 9.17) is 5.26 Å². The summed E-state index contributed by atoms with van der Waals surface area (Å²) in [6.45, 7) is 0. The number of hydrogen-bond acceptors (Lipinski definition) is 3. The fourth-order valence-electron chi connectivity index (χ4n) is 2.09. The van der Waals surface area contributed by atoms with E-state index < -0.39 is 0 Å². The lowest BCUT2D eigenvalue weighted by atomic mass is 10.0. The summed E-state index contributed by atoms with van der Waals surface area (Å²) in [6, 6.07) is 14.1. The summed E-state index contributed by atoms with van der Waals surface area (Å²) >= 11 is 1.72. The highest BCUT2D eigenvalue weighted by Crippen LogP contribution is 2.29. The number of nitriles is 1. The zero-order chi connectivity index (χ0) is 13.1. The van der Waals surface area contributed by atoms with Gasteiger partial charge < -0.3 is 4.57 Å². The molecule has 0 saturated carbocycles. The van der Waals surface area contributed by atoms with Crippen molar-refractivity contribution >= 4 is 11.3 Å². The number of thiophene rings is 1. The van der Waals surface area contributed by atoms with Crippen LogP contribution in [0.1, 0.15) is 22.0 Å². The minimum atomic E-state index is 0.121. The maximum absolute atomic E-state index is 8.87. The van der Waals surface area contributed by atoms with E-state index in [0.29, 0.717) is 5.56 Å². The molecule has 0 aliphatic carbocycles. The molecule has 3 rings (SSSR count). The number of nitrogens with zero attached hydrogens (tertiary/aromatic N) is 3. The van der Waals surface area contributed by atoms with E-state index in [2.05, 4.69) is 27.1 Å². The number of imidazole rings is 1. The Morgan fingerprint density at radius 2 is 2.05 bits per heavy atom. The summed E-state index contributed by atoms with van der Waals surface area (Å²) in [5.41, 5.74) is 1.83. The lowest BCUT2D eigenvalue weighted by Gasteiger charge is -2.17. The van der Waals surface area contributed by atoms with Crippen LogP contribution >= 0.6 is 11.3 Å². The van der Waals surface area contributed by atoms with E-state index in [0.717, 1.165) is 5.56 Å². The average molecular weight is 265 g/mol. The fourth-order valence-corrected chi connectivity index (χ4v) is 2.95. The van der Waals surface area contributed by atoms with Gasteiger partial charge in [-0.05, 0) is 29.1 Å². The van der Waals surface area contributed by atoms with Crippen LogP contribution in [0.2, 0.25) is 0 Å². The SMILES string of the molecule is N#Cc1ccc(C(c2cccs2)n2ccnc2)cc1. The van der Waals surface area contributed by atoms with Crippen LogP contribution in [0.3, 0.4) is 0 Å². The third-order valence-corrected chi connectivity index (χ3v) is 3.92. The van der Waals surface area contributed by atoms with E-state index >= 15 is 0 Å². The molecular formula is C15H11N3S. The van der Waals surface area contributed by atoms with Crippen molar-refractivity contribution in [2.24, 2.45) is 0 Å². The summed E-state index contributed by atoms with van der Waals surface area (Å²) in [6.07, 6.45) is 5.56. The van der Waals surface area contributed by atoms with Crippen molar-refractivity contribution in [2.45, 2.75) is 6.04 Å². The molecule has 0 saturated heterocycles. The zero-order valence-corrected chi connectivity index (χ0v) is 10.9. The van der Waals surface area contributed by atoms with Crippen molar-refractivity contribution in [1.82, 2.24) is 9.55 Å². The Hall–Kier alpha value is -2.38. The Kier molecular flexibility index (Phi) is 3.13. The molecule has 1 aromatic carbocycles. The lowest BCUT2D eigenvalue weighted by molar-refractivity contribution is 0.688. The molecular weight excluding hydrogens is 254 g/mol. The first-order chi connectivity index (χ1) is 9.38. The molecule has 19 heavy (non-hydrogen) atoms. The molecule has 1 unspecified atom stereocenters. The van der Waals surface area contributed by atoms with Crippen molar-refractivity contribution in [3.63, 3.8) is 0 Å². The standard InChI is InChI=1S/C15H11N3S/c16-10-12-3-5-13(6-4-12)15(14-2-1-9-19-14)18-8-7-17-11-18/h1-9,11,15H. The van der Waals surface area contributed by atoms with Crippen LogP contribution in [0.4, 0.5) is 0 Å². The Bertz CT molecular complexity index is 642. The number of hydrogen-bond donors (Lipinski definition) is 0. The van der Waals surface area contributed by atoms with Gasteiger partial charge in [0.1, 0.15) is 0 Å². The highest BCUT2D eigenvalue weighted by atomic mass is 32.1. The first kappa shape index (κ1) is 11.7. The predicted molar refractivity (Wildman–Crippen MR) is 74.9 cm³/mol. The van der Waals surface area contributed by atoms with Gasteiger partial charge in [0.25, 0.3) is 0 Å². The largest absolute Gasteiger partial charge is 0.325 e. The quantitative estimate of drug-likeness (QED) is 0.727. The van der Waals surface area contributed by atoms with E-state index in [1.807, 2.05) is 42.9 Å². The second-order valence-corrected chi connectivity index (χ2v) is 5.14. The van der Waals surface area contributed by atoms with E-state index in [1.165, 1.54) is 4.88 Å². The maximum Gasteiger partial charge on any atom is 0.0991 e. The molecule has 2 heterocycles. The van der Waals surface area contributed by atoms with Crippen LogP contribution in [0.5, 0.6) is 0 Å². The van der Waals surface area contributed by atoms with E-state index in [-0.39, 0.29) is 6.04 Å². The molecule has 0 aliphatic rings. The normalized spacial score (nSPS) is 11.9. The molecule has 4 heteroatoms. The maximum atomic E-state index is 8.87. The van der Waals surface area contributed by atoms with Gasteiger partial charge in [0, 0.05) is 17.3 Å². The molecule has 0 bridgehead atoms. The van der Waals surface area contributed by atoms with E-state index in [1.54, 1.807) is 17.5 Å². The van der Waals surface area contributed by atoms with Crippen LogP contribution in [0.25, 0.3) is 0 Å². The van der Waals surface area contributed by atoms with Crippen molar-refractivity contribution < 1.29 is 0 Å². The molecule has 3 nitrogen and oxygen atoms in total. The first-order valence-corrected chi connectivity index (χ1v) is 6.77.